The zero-order valence-electron chi connectivity index (χ0n) is 10.8. The second-order valence-corrected chi connectivity index (χ2v) is 5.84. The van der Waals surface area contributed by atoms with Crippen LogP contribution in [0.15, 0.2) is 59.1 Å². The molecule has 0 aliphatic rings. The lowest BCUT2D eigenvalue weighted by Gasteiger charge is -2.09. The van der Waals surface area contributed by atoms with Gasteiger partial charge in [0.25, 0.3) is 0 Å². The first-order chi connectivity index (χ1) is 10.2. The zero-order valence-corrected chi connectivity index (χ0v) is 13.1. The van der Waals surface area contributed by atoms with Gasteiger partial charge in [-0.1, -0.05) is 39.7 Å². The topological polar surface area (TPSA) is 33.0 Å². The summed E-state index contributed by atoms with van der Waals surface area (Å²) in [5, 5.41) is 11.5. The Hall–Kier alpha value is -2.02. The Morgan fingerprint density at radius 2 is 1.71 bits per heavy atom. The molecule has 21 heavy (non-hydrogen) atoms. The number of nitriles is 1. The monoisotopic (exact) mass is 357 g/mol. The first-order valence-corrected chi connectivity index (χ1v) is 7.39. The third-order valence-corrected chi connectivity index (χ3v) is 3.85. The van der Waals surface area contributed by atoms with Gasteiger partial charge in [0, 0.05) is 4.47 Å². The highest BCUT2D eigenvalue weighted by atomic mass is 79.9. The first-order valence-electron chi connectivity index (χ1n) is 6.22. The molecule has 0 saturated carbocycles. The lowest BCUT2D eigenvalue weighted by atomic mass is 10.1. The Morgan fingerprint density at radius 1 is 0.952 bits per heavy atom. The van der Waals surface area contributed by atoms with Gasteiger partial charge in [-0.15, -0.1) is 0 Å². The van der Waals surface area contributed by atoms with Crippen molar-refractivity contribution in [3.05, 3.63) is 69.7 Å². The van der Waals surface area contributed by atoms with Gasteiger partial charge in [-0.05, 0) is 53.2 Å². The van der Waals surface area contributed by atoms with Crippen molar-refractivity contribution < 1.29 is 4.74 Å². The molecule has 0 aliphatic heterocycles. The van der Waals surface area contributed by atoms with Crippen molar-refractivity contribution in [3.8, 4) is 17.6 Å². The molecule has 0 aliphatic carbocycles. The molecule has 102 valence electrons. The number of hydrogen-bond donors (Lipinski definition) is 0. The molecule has 4 heteroatoms. The molecule has 0 aromatic heterocycles. The number of halogens is 2. The molecule has 0 atom stereocenters. The van der Waals surface area contributed by atoms with Crippen LogP contribution in [0, 0.1) is 11.3 Å². The van der Waals surface area contributed by atoms with Gasteiger partial charge in [-0.2, -0.15) is 5.26 Å². The van der Waals surface area contributed by atoms with E-state index in [0.29, 0.717) is 22.1 Å². The molecular formula is C17H9BrClNO. The van der Waals surface area contributed by atoms with Crippen LogP contribution in [0.3, 0.4) is 0 Å². The van der Waals surface area contributed by atoms with Crippen LogP contribution in [0.1, 0.15) is 5.56 Å². The Bertz CT molecular complexity index is 870. The number of hydrogen-bond acceptors (Lipinski definition) is 2. The van der Waals surface area contributed by atoms with E-state index in [4.69, 9.17) is 21.6 Å². The fourth-order valence-electron chi connectivity index (χ4n) is 2.04. The van der Waals surface area contributed by atoms with Gasteiger partial charge in [-0.3, -0.25) is 0 Å². The molecule has 0 spiro atoms. The maximum absolute atomic E-state index is 8.83. The Morgan fingerprint density at radius 3 is 2.48 bits per heavy atom. The number of fused-ring (bicyclic) bond motifs is 1. The predicted molar refractivity (Wildman–Crippen MR) is 87.9 cm³/mol. The van der Waals surface area contributed by atoms with E-state index in [-0.39, 0.29) is 0 Å². The average molecular weight is 359 g/mol. The van der Waals surface area contributed by atoms with Crippen molar-refractivity contribution >= 4 is 38.3 Å². The minimum Gasteiger partial charge on any atom is -0.456 e. The normalized spacial score (nSPS) is 10.3. The van der Waals surface area contributed by atoms with E-state index in [0.717, 1.165) is 15.2 Å². The minimum atomic E-state index is 0.421. The first kappa shape index (κ1) is 13.9. The number of nitrogens with zero attached hydrogens (tertiary/aromatic N) is 1. The van der Waals surface area contributed by atoms with Crippen LogP contribution in [0.2, 0.25) is 5.02 Å². The van der Waals surface area contributed by atoms with Gasteiger partial charge in [0.05, 0.1) is 16.7 Å². The van der Waals surface area contributed by atoms with E-state index in [1.165, 1.54) is 0 Å². The summed E-state index contributed by atoms with van der Waals surface area (Å²) in [5.74, 6) is 1.24. The Balaban J connectivity index is 1.95. The summed E-state index contributed by atoms with van der Waals surface area (Å²) < 4.78 is 6.83. The van der Waals surface area contributed by atoms with Crippen molar-refractivity contribution in [3.63, 3.8) is 0 Å². The smallest absolute Gasteiger partial charge is 0.146 e. The Labute approximate surface area is 135 Å². The fraction of sp³-hybridized carbons (Fsp3) is 0. The molecule has 2 nitrogen and oxygen atoms in total. The third-order valence-electron chi connectivity index (χ3n) is 3.06. The highest BCUT2D eigenvalue weighted by Gasteiger charge is 2.05. The third kappa shape index (κ3) is 3.02. The molecule has 3 aromatic rings. The van der Waals surface area contributed by atoms with E-state index < -0.39 is 0 Å². The average Bonchev–Trinajstić information content (AvgIpc) is 2.49. The van der Waals surface area contributed by atoms with Gasteiger partial charge < -0.3 is 4.74 Å². The molecule has 3 aromatic carbocycles. The lowest BCUT2D eigenvalue weighted by Crippen LogP contribution is -1.86. The van der Waals surface area contributed by atoms with Crippen molar-refractivity contribution in [2.75, 3.05) is 0 Å². The van der Waals surface area contributed by atoms with Crippen LogP contribution in [0.5, 0.6) is 11.5 Å². The number of rotatable bonds is 2. The van der Waals surface area contributed by atoms with Crippen LogP contribution < -0.4 is 4.74 Å². The summed E-state index contributed by atoms with van der Waals surface area (Å²) in [6.07, 6.45) is 0. The fourth-order valence-corrected chi connectivity index (χ4v) is 2.64. The maximum Gasteiger partial charge on any atom is 0.146 e. The van der Waals surface area contributed by atoms with Gasteiger partial charge in [0.1, 0.15) is 11.5 Å². The molecule has 0 N–H and O–H groups in total. The van der Waals surface area contributed by atoms with E-state index in [1.54, 1.807) is 18.2 Å². The highest BCUT2D eigenvalue weighted by molar-refractivity contribution is 9.10. The van der Waals surface area contributed by atoms with Gasteiger partial charge in [-0.25, -0.2) is 0 Å². The van der Waals surface area contributed by atoms with Crippen LogP contribution >= 0.6 is 27.5 Å². The molecular weight excluding hydrogens is 350 g/mol. The molecule has 0 heterocycles. The summed E-state index contributed by atoms with van der Waals surface area (Å²) in [4.78, 5) is 0. The maximum atomic E-state index is 8.83. The van der Waals surface area contributed by atoms with Gasteiger partial charge in [0.15, 0.2) is 0 Å². The van der Waals surface area contributed by atoms with E-state index in [2.05, 4.69) is 15.9 Å². The summed E-state index contributed by atoms with van der Waals surface area (Å²) in [6, 6.07) is 18.9. The highest BCUT2D eigenvalue weighted by Crippen LogP contribution is 2.32. The van der Waals surface area contributed by atoms with Gasteiger partial charge >= 0.3 is 0 Å². The van der Waals surface area contributed by atoms with Crippen LogP contribution in [0.4, 0.5) is 0 Å². The summed E-state index contributed by atoms with van der Waals surface area (Å²) in [5.41, 5.74) is 0.510. The molecule has 0 fully saturated rings. The van der Waals surface area contributed by atoms with E-state index >= 15 is 0 Å². The number of benzene rings is 3. The molecule has 0 amide bonds. The summed E-state index contributed by atoms with van der Waals surface area (Å²) in [6.45, 7) is 0. The number of ether oxygens (including phenoxy) is 1. The summed E-state index contributed by atoms with van der Waals surface area (Å²) >= 11 is 9.57. The quantitative estimate of drug-likeness (QED) is 0.569. The summed E-state index contributed by atoms with van der Waals surface area (Å²) in [7, 11) is 0. The zero-order chi connectivity index (χ0) is 14.8. The SMILES string of the molecule is N#Cc1ccc(Oc2ccc3cc(Br)ccc3c2)c(Cl)c1. The van der Waals surface area contributed by atoms with Crippen molar-refractivity contribution in [2.45, 2.75) is 0 Å². The molecule has 0 unspecified atom stereocenters. The second-order valence-electron chi connectivity index (χ2n) is 4.51. The molecule has 3 rings (SSSR count). The Kier molecular flexibility index (Phi) is 3.83. The van der Waals surface area contributed by atoms with Crippen molar-refractivity contribution in [1.29, 1.82) is 5.26 Å². The molecule has 0 saturated heterocycles. The predicted octanol–water partition coefficient (Wildman–Crippen LogP) is 5.92. The van der Waals surface area contributed by atoms with E-state index in [9.17, 15) is 0 Å². The van der Waals surface area contributed by atoms with Crippen molar-refractivity contribution in [2.24, 2.45) is 0 Å². The second kappa shape index (κ2) is 5.77. The minimum absolute atomic E-state index is 0.421. The van der Waals surface area contributed by atoms with Crippen LogP contribution in [-0.2, 0) is 0 Å². The standard InChI is InChI=1S/C17H9BrClNO/c18-14-4-2-13-9-15(5-3-12(13)8-14)21-17-6-1-11(10-20)7-16(17)19/h1-9H. The lowest BCUT2D eigenvalue weighted by molar-refractivity contribution is 0.483. The van der Waals surface area contributed by atoms with Crippen molar-refractivity contribution in [1.82, 2.24) is 0 Å². The van der Waals surface area contributed by atoms with Crippen LogP contribution in [-0.4, -0.2) is 0 Å². The van der Waals surface area contributed by atoms with Crippen LogP contribution in [0.25, 0.3) is 10.8 Å². The van der Waals surface area contributed by atoms with Gasteiger partial charge in [0.2, 0.25) is 0 Å². The van der Waals surface area contributed by atoms with E-state index in [1.807, 2.05) is 42.5 Å². The molecule has 0 bridgehead atoms. The molecule has 0 radical (unpaired) electrons. The largest absolute Gasteiger partial charge is 0.456 e.